The average Bonchev–Trinajstić information content (AvgIpc) is 3.10. The molecule has 0 spiro atoms. The maximum Gasteiger partial charge on any atom is 0.258 e. The second-order valence-corrected chi connectivity index (χ2v) is 9.68. The van der Waals surface area contributed by atoms with Crippen molar-refractivity contribution in [1.29, 1.82) is 5.26 Å². The minimum absolute atomic E-state index is 0.0394. The van der Waals surface area contributed by atoms with Gasteiger partial charge in [-0.15, -0.1) is 0 Å². The van der Waals surface area contributed by atoms with E-state index in [0.717, 1.165) is 25.7 Å². The van der Waals surface area contributed by atoms with Crippen LogP contribution in [0, 0.1) is 11.3 Å². The van der Waals surface area contributed by atoms with E-state index in [1.807, 2.05) is 6.07 Å². The van der Waals surface area contributed by atoms with E-state index >= 15 is 0 Å². The Hall–Kier alpha value is -3.35. The van der Waals surface area contributed by atoms with Gasteiger partial charge in [0, 0.05) is 18.7 Å². The van der Waals surface area contributed by atoms with E-state index in [-0.39, 0.29) is 16.3 Å². The van der Waals surface area contributed by atoms with E-state index in [2.05, 4.69) is 9.97 Å². The second-order valence-electron chi connectivity index (χ2n) is 7.74. The van der Waals surface area contributed by atoms with Crippen molar-refractivity contribution in [2.75, 3.05) is 13.1 Å². The molecule has 1 saturated heterocycles. The molecule has 1 atom stereocenters. The van der Waals surface area contributed by atoms with Crippen molar-refractivity contribution in [2.24, 2.45) is 0 Å². The molecule has 8 nitrogen and oxygen atoms in total. The number of aromatic amines is 1. The van der Waals surface area contributed by atoms with Gasteiger partial charge in [-0.25, -0.2) is 13.4 Å². The summed E-state index contributed by atoms with van der Waals surface area (Å²) < 4.78 is 27.4. The van der Waals surface area contributed by atoms with Crippen LogP contribution in [-0.4, -0.2) is 41.6 Å². The van der Waals surface area contributed by atoms with Gasteiger partial charge in [0.2, 0.25) is 10.0 Å². The molecule has 0 radical (unpaired) electrons. The number of rotatable bonds is 5. The molecule has 1 aromatic heterocycles. The minimum atomic E-state index is -3.64. The summed E-state index contributed by atoms with van der Waals surface area (Å²) in [5, 5.41) is 9.98. The summed E-state index contributed by atoms with van der Waals surface area (Å²) in [5.41, 5.74) is 0.123. The van der Waals surface area contributed by atoms with Crippen molar-refractivity contribution in [3.8, 4) is 6.07 Å². The fraction of sp³-hybridized carbons (Fsp3) is 0.304. The summed E-state index contributed by atoms with van der Waals surface area (Å²) in [7, 11) is -3.64. The number of carbonyl (C=O) groups is 1. The van der Waals surface area contributed by atoms with Gasteiger partial charge >= 0.3 is 0 Å². The van der Waals surface area contributed by atoms with Gasteiger partial charge < -0.3 is 4.98 Å². The number of para-hydroxylation sites is 1. The Morgan fingerprint density at radius 1 is 1.03 bits per heavy atom. The molecule has 0 amide bonds. The highest BCUT2D eigenvalue weighted by Crippen LogP contribution is 2.23. The van der Waals surface area contributed by atoms with Crippen LogP contribution in [0.5, 0.6) is 0 Å². The van der Waals surface area contributed by atoms with Crippen LogP contribution in [0.15, 0.2) is 58.2 Å². The van der Waals surface area contributed by atoms with E-state index in [9.17, 15) is 23.3 Å². The summed E-state index contributed by atoms with van der Waals surface area (Å²) in [6.45, 7) is 0.973. The molecular formula is C23H22N4O4S. The zero-order chi connectivity index (χ0) is 22.7. The highest BCUT2D eigenvalue weighted by atomic mass is 32.2. The van der Waals surface area contributed by atoms with E-state index in [4.69, 9.17) is 0 Å². The quantitative estimate of drug-likeness (QED) is 0.596. The Labute approximate surface area is 185 Å². The molecule has 1 N–H and O–H groups in total. The minimum Gasteiger partial charge on any atom is -0.308 e. The van der Waals surface area contributed by atoms with Crippen LogP contribution in [0.4, 0.5) is 0 Å². The zero-order valence-electron chi connectivity index (χ0n) is 17.3. The van der Waals surface area contributed by atoms with Crippen molar-refractivity contribution < 1.29 is 13.2 Å². The Morgan fingerprint density at radius 3 is 2.34 bits per heavy atom. The highest BCUT2D eigenvalue weighted by molar-refractivity contribution is 7.89. The maximum atomic E-state index is 13.0. The summed E-state index contributed by atoms with van der Waals surface area (Å²) in [6.07, 6.45) is 3.69. The standard InChI is InChI=1S/C23H22N4O4S/c24-15-19(22-25-20-8-4-3-7-18(20)23(29)26-22)21(28)16-9-11-17(12-10-16)32(30,31)27-13-5-1-2-6-14-27/h3-4,7-12,19H,1-2,5-6,13-14H2,(H,25,26,29). The number of H-pyrrole nitrogens is 1. The van der Waals surface area contributed by atoms with Crippen LogP contribution in [0.1, 0.15) is 47.8 Å². The lowest BCUT2D eigenvalue weighted by molar-refractivity contribution is 0.0976. The van der Waals surface area contributed by atoms with Crippen molar-refractivity contribution in [1.82, 2.24) is 14.3 Å². The summed E-state index contributed by atoms with van der Waals surface area (Å²) in [5.74, 6) is -1.92. The fourth-order valence-electron chi connectivity index (χ4n) is 3.87. The first kappa shape index (κ1) is 21.9. The molecule has 2 heterocycles. The monoisotopic (exact) mass is 450 g/mol. The number of nitrogens with zero attached hydrogens (tertiary/aromatic N) is 3. The van der Waals surface area contributed by atoms with Gasteiger partial charge in [-0.05, 0) is 37.1 Å². The lowest BCUT2D eigenvalue weighted by atomic mass is 9.98. The number of benzene rings is 2. The van der Waals surface area contributed by atoms with E-state index in [1.54, 1.807) is 24.3 Å². The number of hydrogen-bond acceptors (Lipinski definition) is 6. The predicted octanol–water partition coefficient (Wildman–Crippen LogP) is 2.98. The number of aromatic nitrogens is 2. The molecule has 4 rings (SSSR count). The Balaban J connectivity index is 1.62. The first-order chi connectivity index (χ1) is 15.4. The van der Waals surface area contributed by atoms with E-state index in [0.29, 0.717) is 24.0 Å². The lowest BCUT2D eigenvalue weighted by Gasteiger charge is -2.20. The molecule has 164 valence electrons. The normalized spacial score (nSPS) is 16.2. The van der Waals surface area contributed by atoms with Crippen LogP contribution in [0.25, 0.3) is 10.9 Å². The first-order valence-electron chi connectivity index (χ1n) is 10.4. The van der Waals surface area contributed by atoms with Crippen LogP contribution >= 0.6 is 0 Å². The third-order valence-corrected chi connectivity index (χ3v) is 7.55. The Morgan fingerprint density at radius 2 is 1.69 bits per heavy atom. The van der Waals surface area contributed by atoms with Gasteiger partial charge in [0.25, 0.3) is 5.56 Å². The summed E-state index contributed by atoms with van der Waals surface area (Å²) in [4.78, 5) is 32.2. The predicted molar refractivity (Wildman–Crippen MR) is 119 cm³/mol. The number of nitriles is 1. The molecular weight excluding hydrogens is 428 g/mol. The molecule has 9 heteroatoms. The molecule has 32 heavy (non-hydrogen) atoms. The number of sulfonamides is 1. The number of fused-ring (bicyclic) bond motifs is 1. The molecule has 1 aliphatic rings. The van der Waals surface area contributed by atoms with Crippen molar-refractivity contribution >= 4 is 26.7 Å². The topological polar surface area (TPSA) is 124 Å². The molecule has 1 fully saturated rings. The number of nitrogens with one attached hydrogen (secondary N) is 1. The number of ketones is 1. The Kier molecular flexibility index (Phi) is 6.17. The number of Topliss-reactive ketones (excluding diaryl/α,β-unsaturated/α-hetero) is 1. The van der Waals surface area contributed by atoms with Crippen molar-refractivity contribution in [3.05, 3.63) is 70.3 Å². The molecule has 0 bridgehead atoms. The molecule has 1 unspecified atom stereocenters. The van der Waals surface area contributed by atoms with Crippen LogP contribution in [0.3, 0.4) is 0 Å². The maximum absolute atomic E-state index is 13.0. The van der Waals surface area contributed by atoms with Gasteiger partial charge in [-0.3, -0.25) is 9.59 Å². The van der Waals surface area contributed by atoms with Crippen molar-refractivity contribution in [2.45, 2.75) is 36.5 Å². The summed E-state index contributed by atoms with van der Waals surface area (Å²) >= 11 is 0. The van der Waals surface area contributed by atoms with Gasteiger partial charge in [0.1, 0.15) is 5.82 Å². The largest absolute Gasteiger partial charge is 0.308 e. The van der Waals surface area contributed by atoms with Crippen LogP contribution in [0.2, 0.25) is 0 Å². The lowest BCUT2D eigenvalue weighted by Crippen LogP contribution is -2.31. The number of carbonyl (C=O) groups excluding carboxylic acids is 1. The SMILES string of the molecule is N#CC(C(=O)c1ccc(S(=O)(=O)N2CCCCCC2)cc1)c1nc2ccccc2c(=O)[nH]1. The third kappa shape index (κ3) is 4.20. The first-order valence-corrected chi connectivity index (χ1v) is 11.9. The molecule has 1 aliphatic heterocycles. The Bertz CT molecular complexity index is 1350. The molecule has 3 aromatic rings. The summed E-state index contributed by atoms with van der Waals surface area (Å²) in [6, 6.07) is 14.1. The van der Waals surface area contributed by atoms with Crippen LogP contribution < -0.4 is 5.56 Å². The zero-order valence-corrected chi connectivity index (χ0v) is 18.1. The fourth-order valence-corrected chi connectivity index (χ4v) is 5.39. The van der Waals surface area contributed by atoms with Gasteiger partial charge in [-0.1, -0.05) is 37.1 Å². The smallest absolute Gasteiger partial charge is 0.258 e. The molecule has 2 aromatic carbocycles. The average molecular weight is 451 g/mol. The molecule has 0 aliphatic carbocycles. The van der Waals surface area contributed by atoms with Gasteiger partial charge in [-0.2, -0.15) is 9.57 Å². The van der Waals surface area contributed by atoms with E-state index in [1.165, 1.54) is 28.6 Å². The number of hydrogen-bond donors (Lipinski definition) is 1. The van der Waals surface area contributed by atoms with Crippen molar-refractivity contribution in [3.63, 3.8) is 0 Å². The molecule has 0 saturated carbocycles. The van der Waals surface area contributed by atoms with Gasteiger partial charge in [0.15, 0.2) is 11.7 Å². The van der Waals surface area contributed by atoms with E-state index < -0.39 is 27.3 Å². The van der Waals surface area contributed by atoms with Crippen LogP contribution in [-0.2, 0) is 10.0 Å². The second kappa shape index (κ2) is 9.02. The van der Waals surface area contributed by atoms with Gasteiger partial charge in [0.05, 0.1) is 21.9 Å². The highest BCUT2D eigenvalue weighted by Gasteiger charge is 2.28. The third-order valence-electron chi connectivity index (χ3n) is 5.64.